The van der Waals surface area contributed by atoms with Gasteiger partial charge in [-0.2, -0.15) is 4.98 Å². The zero-order valence-corrected chi connectivity index (χ0v) is 13.3. The molecule has 0 bridgehead atoms. The zero-order chi connectivity index (χ0) is 15.5. The van der Waals surface area contributed by atoms with Gasteiger partial charge in [0.05, 0.1) is 6.54 Å². The van der Waals surface area contributed by atoms with E-state index in [9.17, 15) is 0 Å². The maximum absolute atomic E-state index is 5.76. The van der Waals surface area contributed by atoms with Gasteiger partial charge in [-0.05, 0) is 25.9 Å². The second-order valence-corrected chi connectivity index (χ2v) is 6.42. The third kappa shape index (κ3) is 4.37. The Labute approximate surface area is 126 Å². The van der Waals surface area contributed by atoms with Crippen LogP contribution in [-0.4, -0.2) is 35.2 Å². The number of rotatable bonds is 6. The van der Waals surface area contributed by atoms with E-state index in [1.54, 1.807) is 0 Å². The minimum absolute atomic E-state index is 0.0779. The molecule has 0 atom stereocenters. The van der Waals surface area contributed by atoms with Gasteiger partial charge >= 0.3 is 0 Å². The third-order valence-corrected chi connectivity index (χ3v) is 3.43. The highest BCUT2D eigenvalue weighted by Gasteiger charge is 2.19. The molecule has 0 fully saturated rings. The van der Waals surface area contributed by atoms with Crippen molar-refractivity contribution in [1.29, 1.82) is 0 Å². The molecule has 0 spiro atoms. The molecule has 5 heteroatoms. The summed E-state index contributed by atoms with van der Waals surface area (Å²) in [5.74, 6) is 1.26. The van der Waals surface area contributed by atoms with E-state index in [1.807, 2.05) is 31.3 Å². The first-order valence-electron chi connectivity index (χ1n) is 7.18. The van der Waals surface area contributed by atoms with Crippen molar-refractivity contribution < 1.29 is 4.52 Å². The average Bonchev–Trinajstić information content (AvgIpc) is 2.87. The first-order chi connectivity index (χ1) is 9.89. The second kappa shape index (κ2) is 6.37. The van der Waals surface area contributed by atoms with Gasteiger partial charge in [0.25, 0.3) is 0 Å². The standard InChI is InChI=1S/C16H24N4O/c1-12-5-7-13(8-6-12)15-18-14(21-19-15)9-20(4)11-16(2,3)10-17/h5-8H,9-11,17H2,1-4H3. The van der Waals surface area contributed by atoms with Crippen LogP contribution in [0.1, 0.15) is 25.3 Å². The summed E-state index contributed by atoms with van der Waals surface area (Å²) in [5, 5.41) is 4.05. The van der Waals surface area contributed by atoms with Crippen LogP contribution in [0, 0.1) is 12.3 Å². The molecule has 1 heterocycles. The fourth-order valence-corrected chi connectivity index (χ4v) is 2.22. The van der Waals surface area contributed by atoms with Crippen LogP contribution in [0.3, 0.4) is 0 Å². The predicted octanol–water partition coefficient (Wildman–Crippen LogP) is 2.46. The number of aryl methyl sites for hydroxylation is 1. The summed E-state index contributed by atoms with van der Waals surface area (Å²) in [6.07, 6.45) is 0. The van der Waals surface area contributed by atoms with Gasteiger partial charge in [0.1, 0.15) is 0 Å². The molecule has 2 N–H and O–H groups in total. The Balaban J connectivity index is 2.01. The number of nitrogens with two attached hydrogens (primary N) is 1. The summed E-state index contributed by atoms with van der Waals surface area (Å²) in [7, 11) is 2.03. The lowest BCUT2D eigenvalue weighted by Gasteiger charge is -2.27. The van der Waals surface area contributed by atoms with Crippen LogP contribution >= 0.6 is 0 Å². The van der Waals surface area contributed by atoms with E-state index >= 15 is 0 Å². The average molecular weight is 288 g/mol. The Morgan fingerprint density at radius 3 is 2.52 bits per heavy atom. The van der Waals surface area contributed by atoms with E-state index in [-0.39, 0.29) is 5.41 Å². The van der Waals surface area contributed by atoms with Crippen molar-refractivity contribution in [3.8, 4) is 11.4 Å². The Morgan fingerprint density at radius 2 is 1.90 bits per heavy atom. The molecule has 2 rings (SSSR count). The molecule has 0 saturated carbocycles. The number of benzene rings is 1. The Kier molecular flexibility index (Phi) is 4.75. The highest BCUT2D eigenvalue weighted by molar-refractivity contribution is 5.54. The normalized spacial score (nSPS) is 12.1. The van der Waals surface area contributed by atoms with Crippen molar-refractivity contribution in [1.82, 2.24) is 15.0 Å². The Morgan fingerprint density at radius 1 is 1.24 bits per heavy atom. The molecule has 5 nitrogen and oxygen atoms in total. The highest BCUT2D eigenvalue weighted by Crippen LogP contribution is 2.18. The first-order valence-corrected chi connectivity index (χ1v) is 7.18. The fraction of sp³-hybridized carbons (Fsp3) is 0.500. The zero-order valence-electron chi connectivity index (χ0n) is 13.3. The van der Waals surface area contributed by atoms with Crippen molar-refractivity contribution >= 4 is 0 Å². The highest BCUT2D eigenvalue weighted by atomic mass is 16.5. The molecule has 2 aromatic rings. The predicted molar refractivity (Wildman–Crippen MR) is 83.6 cm³/mol. The van der Waals surface area contributed by atoms with Crippen LogP contribution < -0.4 is 5.73 Å². The number of nitrogens with zero attached hydrogens (tertiary/aromatic N) is 3. The maximum Gasteiger partial charge on any atom is 0.241 e. The summed E-state index contributed by atoms with van der Waals surface area (Å²) in [6, 6.07) is 8.10. The monoisotopic (exact) mass is 288 g/mol. The van der Waals surface area contributed by atoms with Gasteiger partial charge in [-0.3, -0.25) is 4.90 Å². The van der Waals surface area contributed by atoms with Gasteiger partial charge in [0.2, 0.25) is 11.7 Å². The minimum Gasteiger partial charge on any atom is -0.338 e. The summed E-state index contributed by atoms with van der Waals surface area (Å²) in [4.78, 5) is 6.61. The Bertz CT molecular complexity index is 574. The van der Waals surface area contributed by atoms with Crippen LogP contribution in [-0.2, 0) is 6.54 Å². The van der Waals surface area contributed by atoms with Crippen LogP contribution in [0.5, 0.6) is 0 Å². The SMILES string of the molecule is Cc1ccc(-c2noc(CN(C)CC(C)(C)CN)n2)cc1. The van der Waals surface area contributed by atoms with Gasteiger partial charge in [-0.15, -0.1) is 0 Å². The van der Waals surface area contributed by atoms with Crippen LogP contribution in [0.2, 0.25) is 0 Å². The summed E-state index contributed by atoms with van der Waals surface area (Å²) < 4.78 is 5.33. The molecule has 1 aromatic heterocycles. The lowest BCUT2D eigenvalue weighted by atomic mass is 9.93. The first kappa shape index (κ1) is 15.7. The lowest BCUT2D eigenvalue weighted by Crippen LogP contribution is -2.36. The van der Waals surface area contributed by atoms with Crippen molar-refractivity contribution in [3.05, 3.63) is 35.7 Å². The molecule has 1 aromatic carbocycles. The van der Waals surface area contributed by atoms with E-state index in [0.717, 1.165) is 12.1 Å². The Hall–Kier alpha value is -1.72. The van der Waals surface area contributed by atoms with Gasteiger partial charge in [0.15, 0.2) is 0 Å². The maximum atomic E-state index is 5.76. The van der Waals surface area contributed by atoms with E-state index in [1.165, 1.54) is 5.56 Å². The van der Waals surface area contributed by atoms with Gasteiger partial charge < -0.3 is 10.3 Å². The molecule has 114 valence electrons. The largest absolute Gasteiger partial charge is 0.338 e. The van der Waals surface area contributed by atoms with Crippen molar-refractivity contribution in [2.45, 2.75) is 27.3 Å². The van der Waals surface area contributed by atoms with Crippen LogP contribution in [0.25, 0.3) is 11.4 Å². The molecule has 0 saturated heterocycles. The summed E-state index contributed by atoms with van der Waals surface area (Å²) in [5.41, 5.74) is 8.03. The summed E-state index contributed by atoms with van der Waals surface area (Å²) in [6.45, 7) is 8.51. The van der Waals surface area contributed by atoms with E-state index in [2.05, 4.69) is 35.8 Å². The number of hydrogen-bond donors (Lipinski definition) is 1. The molecule has 0 amide bonds. The molecule has 0 aliphatic heterocycles. The van der Waals surface area contributed by atoms with E-state index in [0.29, 0.717) is 24.8 Å². The molecule has 0 radical (unpaired) electrons. The number of aromatic nitrogens is 2. The topological polar surface area (TPSA) is 68.2 Å². The molecular weight excluding hydrogens is 264 g/mol. The molecule has 0 aliphatic rings. The van der Waals surface area contributed by atoms with Gasteiger partial charge in [-0.25, -0.2) is 0 Å². The molecule has 21 heavy (non-hydrogen) atoms. The second-order valence-electron chi connectivity index (χ2n) is 6.42. The summed E-state index contributed by atoms with van der Waals surface area (Å²) >= 11 is 0. The lowest BCUT2D eigenvalue weighted by molar-refractivity contribution is 0.189. The van der Waals surface area contributed by atoms with Crippen LogP contribution in [0.4, 0.5) is 0 Å². The molecule has 0 unspecified atom stereocenters. The van der Waals surface area contributed by atoms with Gasteiger partial charge in [0, 0.05) is 12.1 Å². The van der Waals surface area contributed by atoms with E-state index < -0.39 is 0 Å². The van der Waals surface area contributed by atoms with Crippen molar-refractivity contribution in [2.75, 3.05) is 20.1 Å². The van der Waals surface area contributed by atoms with E-state index in [4.69, 9.17) is 10.3 Å². The number of hydrogen-bond acceptors (Lipinski definition) is 5. The fourth-order valence-electron chi connectivity index (χ4n) is 2.22. The van der Waals surface area contributed by atoms with Crippen LogP contribution in [0.15, 0.2) is 28.8 Å². The molecule has 0 aliphatic carbocycles. The quantitative estimate of drug-likeness (QED) is 0.884. The smallest absolute Gasteiger partial charge is 0.241 e. The van der Waals surface area contributed by atoms with Crippen molar-refractivity contribution in [2.24, 2.45) is 11.1 Å². The van der Waals surface area contributed by atoms with Crippen molar-refractivity contribution in [3.63, 3.8) is 0 Å². The molecular formula is C16H24N4O. The van der Waals surface area contributed by atoms with Gasteiger partial charge in [-0.1, -0.05) is 48.8 Å². The minimum atomic E-state index is 0.0779. The third-order valence-electron chi connectivity index (χ3n) is 3.43.